The minimum absolute atomic E-state index is 0.795. The third-order valence-corrected chi connectivity index (χ3v) is 6.97. The van der Waals surface area contributed by atoms with Crippen LogP contribution < -0.4 is 16.4 Å². The van der Waals surface area contributed by atoms with E-state index in [-0.39, 0.29) is 0 Å². The number of nitrogens with one attached hydrogen (secondary N) is 2. The van der Waals surface area contributed by atoms with Crippen LogP contribution in [0.3, 0.4) is 0 Å². The van der Waals surface area contributed by atoms with Crippen molar-refractivity contribution in [2.75, 3.05) is 52.4 Å². The van der Waals surface area contributed by atoms with E-state index in [1.165, 1.54) is 122 Å². The number of hydrogen-bond donors (Lipinski definition) is 7. The summed E-state index contributed by atoms with van der Waals surface area (Å²) in [5, 5.41) is 35.6. The molecule has 12 nitrogen and oxygen atoms in total. The SMILES string of the molecule is CCCCCCCCN(CCCCCCCC)CCCNCCCCNCCCN.O=C(O)C(F)(F)F.O=C(O)C(F)(F)F.O=C(O)C(F)(F)F.O=C(O)C(F)(F)F. The van der Waals surface area contributed by atoms with Gasteiger partial charge in [0, 0.05) is 0 Å². The first-order valence-electron chi connectivity index (χ1n) is 18.7. The quantitative estimate of drug-likeness (QED) is 0.0325. The van der Waals surface area contributed by atoms with Gasteiger partial charge >= 0.3 is 48.6 Å². The fourth-order valence-corrected chi connectivity index (χ4v) is 3.97. The van der Waals surface area contributed by atoms with Crippen molar-refractivity contribution in [1.82, 2.24) is 15.5 Å². The average Bonchev–Trinajstić information content (AvgIpc) is 3.09. The molecule has 0 aromatic rings. The summed E-state index contributed by atoms with van der Waals surface area (Å²) in [6.45, 7) is 13.8. The van der Waals surface area contributed by atoms with E-state index in [9.17, 15) is 52.7 Å². The Labute approximate surface area is 331 Å². The summed E-state index contributed by atoms with van der Waals surface area (Å²) >= 11 is 0. The summed E-state index contributed by atoms with van der Waals surface area (Å²) in [6.07, 6.45) is 1.46. The van der Waals surface area contributed by atoms with Crippen LogP contribution in [0.2, 0.25) is 0 Å². The minimum atomic E-state index is -5.08. The number of carbonyl (C=O) groups is 4. The van der Waals surface area contributed by atoms with Crippen molar-refractivity contribution in [3.8, 4) is 0 Å². The fraction of sp³-hybridized carbons (Fsp3) is 0.882. The molecule has 0 aliphatic carbocycles. The summed E-state index contributed by atoms with van der Waals surface area (Å²) in [6, 6.07) is 0. The van der Waals surface area contributed by atoms with Gasteiger partial charge in [0.25, 0.3) is 0 Å². The van der Waals surface area contributed by atoms with E-state index in [1.54, 1.807) is 0 Å². The molecular weight excluding hydrogens is 820 g/mol. The van der Waals surface area contributed by atoms with Gasteiger partial charge in [-0.2, -0.15) is 52.7 Å². The molecule has 0 amide bonds. The number of aliphatic carboxylic acids is 4. The first kappa shape index (κ1) is 64.0. The predicted molar refractivity (Wildman–Crippen MR) is 191 cm³/mol. The zero-order valence-corrected chi connectivity index (χ0v) is 33.0. The zero-order valence-electron chi connectivity index (χ0n) is 33.0. The highest BCUT2D eigenvalue weighted by atomic mass is 19.4. The van der Waals surface area contributed by atoms with Gasteiger partial charge in [-0.25, -0.2) is 19.2 Å². The Morgan fingerprint density at radius 2 is 0.638 bits per heavy atom. The van der Waals surface area contributed by atoms with Gasteiger partial charge < -0.3 is 41.7 Å². The number of hydrogen-bond acceptors (Lipinski definition) is 8. The topological polar surface area (TPSA) is 203 Å². The largest absolute Gasteiger partial charge is 0.490 e. The normalized spacial score (nSPS) is 11.4. The number of halogens is 12. The molecule has 0 unspecified atom stereocenters. The van der Waals surface area contributed by atoms with E-state index in [0.29, 0.717) is 0 Å². The molecule has 58 heavy (non-hydrogen) atoms. The third-order valence-electron chi connectivity index (χ3n) is 6.97. The van der Waals surface area contributed by atoms with E-state index < -0.39 is 48.6 Å². The Hall–Kier alpha value is -3.12. The third kappa shape index (κ3) is 57.2. The smallest absolute Gasteiger partial charge is 0.475 e. The molecule has 24 heteroatoms. The first-order chi connectivity index (χ1) is 26.6. The number of nitrogens with zero attached hydrogens (tertiary/aromatic N) is 1. The Morgan fingerprint density at radius 1 is 0.414 bits per heavy atom. The highest BCUT2D eigenvalue weighted by Crippen LogP contribution is 2.15. The molecule has 8 N–H and O–H groups in total. The Morgan fingerprint density at radius 3 is 0.897 bits per heavy atom. The van der Waals surface area contributed by atoms with Gasteiger partial charge in [-0.05, 0) is 90.9 Å². The van der Waals surface area contributed by atoms with Gasteiger partial charge in [0.2, 0.25) is 0 Å². The molecule has 0 radical (unpaired) electrons. The number of nitrogens with two attached hydrogens (primary N) is 1. The second-order valence-corrected chi connectivity index (χ2v) is 12.3. The van der Waals surface area contributed by atoms with Crippen molar-refractivity contribution in [3.05, 3.63) is 0 Å². The summed E-state index contributed by atoms with van der Waals surface area (Å²) in [7, 11) is 0. The van der Waals surface area contributed by atoms with Crippen LogP contribution in [-0.4, -0.2) is 126 Å². The Balaban J connectivity index is -0.000000266. The van der Waals surface area contributed by atoms with Gasteiger partial charge in [-0.3, -0.25) is 0 Å². The highest BCUT2D eigenvalue weighted by Gasteiger charge is 2.40. The maximum atomic E-state index is 10.6. The lowest BCUT2D eigenvalue weighted by Gasteiger charge is -2.22. The molecule has 0 saturated carbocycles. The van der Waals surface area contributed by atoms with Gasteiger partial charge in [0.05, 0.1) is 0 Å². The maximum Gasteiger partial charge on any atom is 0.490 e. The van der Waals surface area contributed by atoms with Gasteiger partial charge in [0.1, 0.15) is 0 Å². The lowest BCUT2D eigenvalue weighted by molar-refractivity contribution is -0.193. The monoisotopic (exact) mass is 882 g/mol. The molecule has 0 heterocycles. The summed E-state index contributed by atoms with van der Waals surface area (Å²) in [4.78, 5) is 38.3. The van der Waals surface area contributed by atoms with E-state index in [1.807, 2.05) is 0 Å². The molecule has 0 aromatic carbocycles. The summed E-state index contributed by atoms with van der Waals surface area (Å²) in [5.74, 6) is -11.0. The van der Waals surface area contributed by atoms with Crippen LogP contribution in [0.4, 0.5) is 52.7 Å². The van der Waals surface area contributed by atoms with Crippen molar-refractivity contribution in [3.63, 3.8) is 0 Å². The molecule has 0 saturated heterocycles. The highest BCUT2D eigenvalue weighted by molar-refractivity contribution is 5.74. The van der Waals surface area contributed by atoms with Crippen LogP contribution in [0.25, 0.3) is 0 Å². The van der Waals surface area contributed by atoms with Gasteiger partial charge in [-0.1, -0.05) is 78.1 Å². The molecule has 0 aliphatic heterocycles. The number of unbranched alkanes of at least 4 members (excludes halogenated alkanes) is 11. The molecule has 0 aliphatic rings. The fourth-order valence-electron chi connectivity index (χ4n) is 3.97. The molecule has 0 spiro atoms. The lowest BCUT2D eigenvalue weighted by Crippen LogP contribution is -2.30. The number of rotatable bonds is 26. The van der Waals surface area contributed by atoms with Gasteiger partial charge in [0.15, 0.2) is 0 Å². The van der Waals surface area contributed by atoms with Crippen LogP contribution >= 0.6 is 0 Å². The average molecular weight is 883 g/mol. The van der Waals surface area contributed by atoms with Gasteiger partial charge in [-0.15, -0.1) is 0 Å². The first-order valence-corrected chi connectivity index (χ1v) is 18.7. The predicted octanol–water partition coefficient (Wildman–Crippen LogP) is 8.24. The Bertz CT molecular complexity index is 891. The zero-order chi connectivity index (χ0) is 46.3. The van der Waals surface area contributed by atoms with E-state index >= 15 is 0 Å². The Kier molecular flexibility index (Phi) is 43.4. The summed E-state index contributed by atoms with van der Waals surface area (Å²) in [5.41, 5.74) is 5.51. The number of carboxylic acids is 4. The lowest BCUT2D eigenvalue weighted by atomic mass is 10.1. The molecule has 0 atom stereocenters. The minimum Gasteiger partial charge on any atom is -0.475 e. The molecule has 0 aromatic heterocycles. The van der Waals surface area contributed by atoms with E-state index in [4.69, 9.17) is 45.3 Å². The molecule has 0 rings (SSSR count). The maximum absolute atomic E-state index is 10.6. The van der Waals surface area contributed by atoms with Crippen molar-refractivity contribution in [2.45, 2.75) is 141 Å². The van der Waals surface area contributed by atoms with Crippen LogP contribution in [0.15, 0.2) is 0 Å². The standard InChI is InChI=1S/C26H58N4.4C2HF3O2/c1-3-5-7-9-11-15-24-30(25-16-12-10-8-6-4-2)26-18-23-29-21-14-13-20-28-22-17-19-27;4*3-2(4,5)1(6)7/h28-29H,3-27H2,1-2H3;4*(H,6,7). The second kappa shape index (κ2) is 39.3. The van der Waals surface area contributed by atoms with Crippen molar-refractivity contribution >= 4 is 23.9 Å². The van der Waals surface area contributed by atoms with Crippen molar-refractivity contribution < 1.29 is 92.3 Å². The second-order valence-electron chi connectivity index (χ2n) is 12.3. The van der Waals surface area contributed by atoms with Crippen LogP contribution in [0, 0.1) is 0 Å². The van der Waals surface area contributed by atoms with E-state index in [0.717, 1.165) is 32.6 Å². The molecular formula is C34H62F12N4O8. The van der Waals surface area contributed by atoms with Crippen LogP contribution in [0.1, 0.15) is 117 Å². The van der Waals surface area contributed by atoms with Crippen LogP contribution in [0.5, 0.6) is 0 Å². The number of alkyl halides is 12. The number of carboxylic acid groups (broad SMARTS) is 4. The summed E-state index contributed by atoms with van der Waals surface area (Å²) < 4.78 is 127. The molecule has 350 valence electrons. The van der Waals surface area contributed by atoms with Crippen molar-refractivity contribution in [2.24, 2.45) is 5.73 Å². The van der Waals surface area contributed by atoms with Crippen LogP contribution in [-0.2, 0) is 19.2 Å². The molecule has 0 bridgehead atoms. The molecule has 0 fully saturated rings. The van der Waals surface area contributed by atoms with E-state index in [2.05, 4.69) is 29.4 Å². The van der Waals surface area contributed by atoms with Crippen molar-refractivity contribution in [1.29, 1.82) is 0 Å².